The highest BCUT2D eigenvalue weighted by Gasteiger charge is 2.53. The fourth-order valence-electron chi connectivity index (χ4n) is 13.2. The molecule has 1 aliphatic heterocycles. The van der Waals surface area contributed by atoms with Crippen molar-refractivity contribution in [2.45, 2.75) is 10.8 Å². The largest absolute Gasteiger partial charge is 0.310 e. The van der Waals surface area contributed by atoms with Crippen molar-refractivity contribution in [1.82, 2.24) is 0 Å². The van der Waals surface area contributed by atoms with E-state index in [4.69, 9.17) is 0 Å². The highest BCUT2D eigenvalue weighted by Crippen LogP contribution is 2.66. The van der Waals surface area contributed by atoms with E-state index in [0.717, 1.165) is 22.7 Å². The molecule has 1 heterocycles. The number of benzene rings is 11. The first kappa shape index (κ1) is 39.1. The van der Waals surface area contributed by atoms with Crippen LogP contribution >= 0.6 is 0 Å². The Morgan fingerprint density at radius 3 is 1.09 bits per heavy atom. The summed E-state index contributed by atoms with van der Waals surface area (Å²) in [7, 11) is 0. The van der Waals surface area contributed by atoms with Gasteiger partial charge in [0.1, 0.15) is 0 Å². The lowest BCUT2D eigenvalue weighted by molar-refractivity contribution is 0.752. The van der Waals surface area contributed by atoms with Gasteiger partial charge in [0.15, 0.2) is 0 Å². The number of rotatable bonds is 5. The van der Waals surface area contributed by atoms with E-state index in [1.54, 1.807) is 0 Å². The van der Waals surface area contributed by atoms with E-state index < -0.39 is 10.8 Å². The summed E-state index contributed by atoms with van der Waals surface area (Å²) >= 11 is 0. The van der Waals surface area contributed by atoms with Gasteiger partial charge in [-0.1, -0.05) is 206 Å². The van der Waals surface area contributed by atoms with Crippen LogP contribution in [0.2, 0.25) is 0 Å². The van der Waals surface area contributed by atoms with Crippen LogP contribution in [-0.2, 0) is 10.8 Å². The minimum atomic E-state index is -0.598. The molecule has 0 bridgehead atoms. The fourth-order valence-corrected chi connectivity index (χ4v) is 13.2. The van der Waals surface area contributed by atoms with Gasteiger partial charge in [0.05, 0.1) is 22.2 Å². The molecule has 0 radical (unpaired) electrons. The molecule has 70 heavy (non-hydrogen) atoms. The molecule has 3 aliphatic carbocycles. The van der Waals surface area contributed by atoms with Gasteiger partial charge in [-0.3, -0.25) is 0 Å². The van der Waals surface area contributed by atoms with Crippen LogP contribution in [0, 0.1) is 0 Å². The second-order valence-corrected chi connectivity index (χ2v) is 19.1. The lowest BCUT2D eigenvalue weighted by atomic mass is 9.64. The summed E-state index contributed by atoms with van der Waals surface area (Å²) in [5.41, 5.74) is 26.3. The molecule has 0 aromatic heterocycles. The number of hydrogen-bond acceptors (Lipinski definition) is 2. The Balaban J connectivity index is 1.01. The van der Waals surface area contributed by atoms with Crippen molar-refractivity contribution in [2.75, 3.05) is 9.80 Å². The normalized spacial score (nSPS) is 14.2. The van der Waals surface area contributed by atoms with E-state index in [-0.39, 0.29) is 0 Å². The van der Waals surface area contributed by atoms with E-state index in [9.17, 15) is 0 Å². The lowest BCUT2D eigenvalue weighted by Crippen LogP contribution is -2.36. The van der Waals surface area contributed by atoms with Gasteiger partial charge in [-0.25, -0.2) is 0 Å². The van der Waals surface area contributed by atoms with E-state index in [1.807, 2.05) is 0 Å². The van der Waals surface area contributed by atoms with E-state index in [2.05, 4.69) is 277 Å². The molecule has 2 heteroatoms. The third-order valence-electron chi connectivity index (χ3n) is 15.8. The molecule has 0 N–H and O–H groups in total. The van der Waals surface area contributed by atoms with Crippen molar-refractivity contribution in [3.63, 3.8) is 0 Å². The summed E-state index contributed by atoms with van der Waals surface area (Å²) in [5.74, 6) is 0. The van der Waals surface area contributed by atoms with Gasteiger partial charge in [-0.2, -0.15) is 0 Å². The van der Waals surface area contributed by atoms with Gasteiger partial charge in [-0.05, 0) is 150 Å². The predicted molar refractivity (Wildman–Crippen MR) is 288 cm³/mol. The molecule has 0 fully saturated rings. The van der Waals surface area contributed by atoms with Gasteiger partial charge in [-0.15, -0.1) is 0 Å². The zero-order chi connectivity index (χ0) is 46.0. The molecule has 0 unspecified atom stereocenters. The minimum absolute atomic E-state index is 0.476. The number of nitrogens with zero attached hydrogens (tertiary/aromatic N) is 2. The molecule has 0 atom stereocenters. The van der Waals surface area contributed by atoms with Crippen LogP contribution in [0.3, 0.4) is 0 Å². The molecule has 2 nitrogen and oxygen atoms in total. The van der Waals surface area contributed by atoms with Crippen molar-refractivity contribution in [1.29, 1.82) is 0 Å². The molecule has 326 valence electrons. The first-order valence-electron chi connectivity index (χ1n) is 24.4. The van der Waals surface area contributed by atoms with Crippen molar-refractivity contribution in [3.8, 4) is 44.5 Å². The Morgan fingerprint density at radius 1 is 0.243 bits per heavy atom. The summed E-state index contributed by atoms with van der Waals surface area (Å²) in [5, 5.41) is 0. The Bertz CT molecular complexity index is 3810. The van der Waals surface area contributed by atoms with Crippen LogP contribution < -0.4 is 9.80 Å². The molecule has 0 saturated carbocycles. The maximum atomic E-state index is 2.52. The molecule has 0 saturated heterocycles. The van der Waals surface area contributed by atoms with Gasteiger partial charge in [0, 0.05) is 22.7 Å². The van der Waals surface area contributed by atoms with Crippen molar-refractivity contribution < 1.29 is 0 Å². The monoisotopic (exact) mass is 888 g/mol. The molecule has 0 amide bonds. The maximum absolute atomic E-state index is 2.52. The SMILES string of the molecule is c1ccc(-c2cccc(N(c3ccc4c(c3)C3(c5ccccc5-c5ccccc53)c3ccccc3-4)c3ccc4c(c3)C3(c5ccccc5-4)c4ccccc4N(c4ccccc4)c4ccccc43)c2)cc1. The molecular formula is C68H44N2. The first-order chi connectivity index (χ1) is 34.7. The zero-order valence-electron chi connectivity index (χ0n) is 38.3. The van der Waals surface area contributed by atoms with Crippen LogP contribution in [0.4, 0.5) is 34.1 Å². The van der Waals surface area contributed by atoms with Crippen molar-refractivity contribution in [3.05, 3.63) is 311 Å². The Labute approximate surface area is 408 Å². The van der Waals surface area contributed by atoms with Crippen LogP contribution in [-0.4, -0.2) is 0 Å². The fraction of sp³-hybridized carbons (Fsp3) is 0.0294. The van der Waals surface area contributed by atoms with E-state index >= 15 is 0 Å². The minimum Gasteiger partial charge on any atom is -0.310 e. The van der Waals surface area contributed by atoms with Crippen molar-refractivity contribution >= 4 is 34.1 Å². The van der Waals surface area contributed by atoms with E-state index in [1.165, 1.54) is 100 Å². The van der Waals surface area contributed by atoms with Crippen molar-refractivity contribution in [2.24, 2.45) is 0 Å². The zero-order valence-corrected chi connectivity index (χ0v) is 38.3. The average molecular weight is 889 g/mol. The number of anilines is 6. The third kappa shape index (κ3) is 5.12. The topological polar surface area (TPSA) is 6.48 Å². The standard InChI is InChI=1S/C68H44N2/c1-3-20-45(21-4-1)46-22-19-25-48(42-46)69(49-38-40-55-53-28-9-13-32-59(53)67(63(55)43-49)57-30-11-7-26-51(57)52-27-8-12-31-58(52)67)50-39-41-56-54-29-10-14-33-60(54)68(64(56)44-50)61-34-15-17-36-65(61)70(47-23-5-2-6-24-47)66-37-18-16-35-62(66)68/h1-44H. The average Bonchev–Trinajstić information content (AvgIpc) is 4.02. The van der Waals surface area contributed by atoms with Crippen LogP contribution in [0.5, 0.6) is 0 Å². The quantitative estimate of drug-likeness (QED) is 0.170. The molecular weight excluding hydrogens is 845 g/mol. The Hall–Kier alpha value is -8.98. The van der Waals surface area contributed by atoms with Gasteiger partial charge in [0.25, 0.3) is 0 Å². The lowest BCUT2D eigenvalue weighted by Gasteiger charge is -2.45. The third-order valence-corrected chi connectivity index (χ3v) is 15.8. The molecule has 4 aliphatic rings. The number of para-hydroxylation sites is 3. The summed E-state index contributed by atoms with van der Waals surface area (Å²) in [6.45, 7) is 0. The smallest absolute Gasteiger partial charge is 0.0755 e. The highest BCUT2D eigenvalue weighted by atomic mass is 15.2. The van der Waals surface area contributed by atoms with Gasteiger partial charge >= 0.3 is 0 Å². The molecule has 11 aromatic carbocycles. The summed E-state index contributed by atoms with van der Waals surface area (Å²) < 4.78 is 0. The maximum Gasteiger partial charge on any atom is 0.0755 e. The summed E-state index contributed by atoms with van der Waals surface area (Å²) in [6.07, 6.45) is 0. The summed E-state index contributed by atoms with van der Waals surface area (Å²) in [4.78, 5) is 4.98. The van der Waals surface area contributed by atoms with Crippen LogP contribution in [0.15, 0.2) is 267 Å². The Morgan fingerprint density at radius 2 is 0.600 bits per heavy atom. The first-order valence-corrected chi connectivity index (χ1v) is 24.4. The van der Waals surface area contributed by atoms with Gasteiger partial charge < -0.3 is 9.80 Å². The summed E-state index contributed by atoms with van der Waals surface area (Å²) in [6, 6.07) is 99.9. The van der Waals surface area contributed by atoms with Crippen LogP contribution in [0.1, 0.15) is 44.5 Å². The number of hydrogen-bond donors (Lipinski definition) is 0. The van der Waals surface area contributed by atoms with E-state index in [0.29, 0.717) is 0 Å². The second-order valence-electron chi connectivity index (χ2n) is 19.1. The molecule has 11 aromatic rings. The molecule has 2 spiro atoms. The highest BCUT2D eigenvalue weighted by molar-refractivity contribution is 5.99. The second kappa shape index (κ2) is 14.8. The van der Waals surface area contributed by atoms with Crippen LogP contribution in [0.25, 0.3) is 44.5 Å². The Kier molecular flexibility index (Phi) is 8.24. The van der Waals surface area contributed by atoms with Gasteiger partial charge in [0.2, 0.25) is 0 Å². The predicted octanol–water partition coefficient (Wildman–Crippen LogP) is 17.3. The number of fused-ring (bicyclic) bond motifs is 19. The molecule has 15 rings (SSSR count).